The van der Waals surface area contributed by atoms with Crippen LogP contribution in [0.1, 0.15) is 0 Å². The fourth-order valence-corrected chi connectivity index (χ4v) is 1.25. The van der Waals surface area contributed by atoms with Crippen LogP contribution in [-0.4, -0.2) is 22.1 Å². The molecular weight excluding hydrogens is 192 g/mol. The summed E-state index contributed by atoms with van der Waals surface area (Å²) in [6.45, 7) is 0. The average molecular weight is 202 g/mol. The zero-order valence-corrected chi connectivity index (χ0v) is 8.21. The third-order valence-corrected chi connectivity index (χ3v) is 1.92. The minimum absolute atomic E-state index is 0.410. The number of ether oxygens (including phenoxy) is 1. The first-order chi connectivity index (χ1) is 7.31. The van der Waals surface area contributed by atoms with E-state index in [0.717, 1.165) is 0 Å². The lowest BCUT2D eigenvalue weighted by atomic mass is 10.2. The van der Waals surface area contributed by atoms with E-state index in [4.69, 9.17) is 10.5 Å². The smallest absolute Gasteiger partial charge is 0.146 e. The number of aromatic nitrogens is 3. The number of nitrogens with zero attached hydrogens (tertiary/aromatic N) is 3. The second-order valence-electron chi connectivity index (χ2n) is 2.88. The lowest BCUT2D eigenvalue weighted by Crippen LogP contribution is -1.96. The SMILES string of the molecule is COc1cccnc1-c1cc(N)ncn1. The Morgan fingerprint density at radius 2 is 2.13 bits per heavy atom. The Labute approximate surface area is 87.0 Å². The van der Waals surface area contributed by atoms with Gasteiger partial charge in [-0.2, -0.15) is 0 Å². The van der Waals surface area contributed by atoms with Crippen LogP contribution < -0.4 is 10.5 Å². The quantitative estimate of drug-likeness (QED) is 0.790. The summed E-state index contributed by atoms with van der Waals surface area (Å²) >= 11 is 0. The van der Waals surface area contributed by atoms with Crippen LogP contribution in [0.25, 0.3) is 11.4 Å². The van der Waals surface area contributed by atoms with E-state index in [9.17, 15) is 0 Å². The van der Waals surface area contributed by atoms with Gasteiger partial charge in [-0.05, 0) is 12.1 Å². The Hall–Kier alpha value is -2.17. The standard InChI is InChI=1S/C10H10N4O/c1-15-8-3-2-4-12-10(8)7-5-9(11)14-6-13-7/h2-6H,1H3,(H2,11,13,14). The average Bonchev–Trinajstić information content (AvgIpc) is 2.29. The van der Waals surface area contributed by atoms with Gasteiger partial charge in [0.2, 0.25) is 0 Å². The fourth-order valence-electron chi connectivity index (χ4n) is 1.25. The molecule has 0 saturated carbocycles. The van der Waals surface area contributed by atoms with Gasteiger partial charge in [0.1, 0.15) is 23.6 Å². The van der Waals surface area contributed by atoms with Gasteiger partial charge >= 0.3 is 0 Å². The molecule has 5 heteroatoms. The molecule has 2 heterocycles. The molecule has 5 nitrogen and oxygen atoms in total. The molecule has 0 bridgehead atoms. The largest absolute Gasteiger partial charge is 0.494 e. The maximum atomic E-state index is 5.57. The van der Waals surface area contributed by atoms with Gasteiger partial charge < -0.3 is 10.5 Å². The molecule has 2 rings (SSSR count). The number of methoxy groups -OCH3 is 1. The van der Waals surface area contributed by atoms with Gasteiger partial charge in [0.25, 0.3) is 0 Å². The number of hydrogen-bond donors (Lipinski definition) is 1. The van der Waals surface area contributed by atoms with Gasteiger partial charge in [-0.1, -0.05) is 0 Å². The van der Waals surface area contributed by atoms with Crippen LogP contribution >= 0.6 is 0 Å². The molecule has 2 aromatic heterocycles. The van der Waals surface area contributed by atoms with Crippen molar-refractivity contribution in [1.29, 1.82) is 0 Å². The number of rotatable bonds is 2. The molecule has 76 valence electrons. The molecule has 0 radical (unpaired) electrons. The third kappa shape index (κ3) is 1.85. The van der Waals surface area contributed by atoms with Gasteiger partial charge in [-0.15, -0.1) is 0 Å². The molecule has 0 saturated heterocycles. The lowest BCUT2D eigenvalue weighted by molar-refractivity contribution is 0.414. The summed E-state index contributed by atoms with van der Waals surface area (Å²) in [5, 5.41) is 0. The maximum absolute atomic E-state index is 5.57. The number of nitrogens with two attached hydrogens (primary N) is 1. The zero-order chi connectivity index (χ0) is 10.7. The van der Waals surface area contributed by atoms with Crippen LogP contribution in [0.15, 0.2) is 30.7 Å². The first kappa shape index (κ1) is 9.39. The van der Waals surface area contributed by atoms with Crippen LogP contribution in [0, 0.1) is 0 Å². The van der Waals surface area contributed by atoms with E-state index < -0.39 is 0 Å². The van der Waals surface area contributed by atoms with Crippen molar-refractivity contribution in [2.45, 2.75) is 0 Å². The van der Waals surface area contributed by atoms with E-state index in [1.165, 1.54) is 6.33 Å². The minimum Gasteiger partial charge on any atom is -0.494 e. The van der Waals surface area contributed by atoms with Gasteiger partial charge in [0.15, 0.2) is 0 Å². The molecule has 0 atom stereocenters. The summed E-state index contributed by atoms with van der Waals surface area (Å²) < 4.78 is 5.18. The van der Waals surface area contributed by atoms with Crippen molar-refractivity contribution in [2.24, 2.45) is 0 Å². The Morgan fingerprint density at radius 1 is 1.27 bits per heavy atom. The van der Waals surface area contributed by atoms with Crippen molar-refractivity contribution < 1.29 is 4.74 Å². The highest BCUT2D eigenvalue weighted by Crippen LogP contribution is 2.25. The third-order valence-electron chi connectivity index (χ3n) is 1.92. The first-order valence-electron chi connectivity index (χ1n) is 4.38. The van der Waals surface area contributed by atoms with Gasteiger partial charge in [0.05, 0.1) is 12.8 Å². The maximum Gasteiger partial charge on any atom is 0.146 e. The fraction of sp³-hybridized carbons (Fsp3) is 0.100. The molecule has 0 amide bonds. The van der Waals surface area contributed by atoms with E-state index >= 15 is 0 Å². The van der Waals surface area contributed by atoms with E-state index in [1.54, 1.807) is 25.4 Å². The molecule has 0 unspecified atom stereocenters. The predicted octanol–water partition coefficient (Wildman–Crippen LogP) is 1.13. The number of hydrogen-bond acceptors (Lipinski definition) is 5. The van der Waals surface area contributed by atoms with E-state index in [2.05, 4.69) is 15.0 Å². The van der Waals surface area contributed by atoms with Crippen molar-refractivity contribution in [3.8, 4) is 17.1 Å². The predicted molar refractivity (Wildman–Crippen MR) is 56.2 cm³/mol. The summed E-state index contributed by atoms with van der Waals surface area (Å²) in [4.78, 5) is 12.1. The first-order valence-corrected chi connectivity index (χ1v) is 4.38. The van der Waals surface area contributed by atoms with Crippen molar-refractivity contribution >= 4 is 5.82 Å². The highest BCUT2D eigenvalue weighted by atomic mass is 16.5. The van der Waals surface area contributed by atoms with Crippen LogP contribution in [0.3, 0.4) is 0 Å². The lowest BCUT2D eigenvalue weighted by Gasteiger charge is -2.05. The van der Waals surface area contributed by atoms with Crippen LogP contribution in [0.5, 0.6) is 5.75 Å². The van der Waals surface area contributed by atoms with Crippen LogP contribution in [0.2, 0.25) is 0 Å². The monoisotopic (exact) mass is 202 g/mol. The summed E-state index contributed by atoms with van der Waals surface area (Å²) in [6.07, 6.45) is 3.08. The molecule has 0 aliphatic heterocycles. The molecule has 0 spiro atoms. The summed E-state index contributed by atoms with van der Waals surface area (Å²) in [7, 11) is 1.59. The summed E-state index contributed by atoms with van der Waals surface area (Å²) in [5.41, 5.74) is 6.88. The molecule has 0 aliphatic carbocycles. The topological polar surface area (TPSA) is 73.9 Å². The Kier molecular flexibility index (Phi) is 2.45. The molecule has 0 fully saturated rings. The Balaban J connectivity index is 2.53. The number of pyridine rings is 1. The van der Waals surface area contributed by atoms with Crippen LogP contribution in [0.4, 0.5) is 5.82 Å². The molecule has 2 aromatic rings. The minimum atomic E-state index is 0.410. The zero-order valence-electron chi connectivity index (χ0n) is 8.21. The Bertz CT molecular complexity index is 472. The Morgan fingerprint density at radius 3 is 2.87 bits per heavy atom. The molecule has 0 aromatic carbocycles. The van der Waals surface area contributed by atoms with Crippen molar-refractivity contribution in [3.63, 3.8) is 0 Å². The van der Waals surface area contributed by atoms with Crippen molar-refractivity contribution in [2.75, 3.05) is 12.8 Å². The highest BCUT2D eigenvalue weighted by molar-refractivity contribution is 5.63. The van der Waals surface area contributed by atoms with Crippen molar-refractivity contribution in [3.05, 3.63) is 30.7 Å². The summed E-state index contributed by atoms with van der Waals surface area (Å²) in [5.74, 6) is 1.07. The highest BCUT2D eigenvalue weighted by Gasteiger charge is 2.07. The molecule has 15 heavy (non-hydrogen) atoms. The summed E-state index contributed by atoms with van der Waals surface area (Å²) in [6, 6.07) is 5.28. The second-order valence-corrected chi connectivity index (χ2v) is 2.88. The number of nitrogen functional groups attached to an aromatic ring is 1. The second kappa shape index (κ2) is 3.91. The van der Waals surface area contributed by atoms with Gasteiger partial charge in [0, 0.05) is 12.3 Å². The van der Waals surface area contributed by atoms with Gasteiger partial charge in [-0.25, -0.2) is 9.97 Å². The normalized spacial score (nSPS) is 9.93. The van der Waals surface area contributed by atoms with Crippen LogP contribution in [-0.2, 0) is 0 Å². The molecule has 0 aliphatic rings. The van der Waals surface area contributed by atoms with E-state index in [0.29, 0.717) is 23.0 Å². The molecule has 2 N–H and O–H groups in total. The van der Waals surface area contributed by atoms with Gasteiger partial charge in [-0.3, -0.25) is 4.98 Å². The van der Waals surface area contributed by atoms with E-state index in [-0.39, 0.29) is 0 Å². The molecular formula is C10H10N4O. The van der Waals surface area contributed by atoms with Crippen molar-refractivity contribution in [1.82, 2.24) is 15.0 Å². The number of anilines is 1. The van der Waals surface area contributed by atoms with E-state index in [1.807, 2.05) is 6.07 Å².